The lowest BCUT2D eigenvalue weighted by molar-refractivity contribution is -0.131. The van der Waals surface area contributed by atoms with E-state index in [4.69, 9.17) is 5.73 Å². The zero-order valence-corrected chi connectivity index (χ0v) is 15.4. The number of aromatic nitrogens is 3. The highest BCUT2D eigenvalue weighted by atomic mass is 32.1. The fourth-order valence-electron chi connectivity index (χ4n) is 3.38. The van der Waals surface area contributed by atoms with Crippen LogP contribution in [-0.2, 0) is 22.6 Å². The monoisotopic (exact) mass is 361 g/mol. The maximum Gasteiger partial charge on any atom is 0.237 e. The summed E-state index contributed by atoms with van der Waals surface area (Å²) in [5, 5.41) is 0.991. The first-order chi connectivity index (χ1) is 11.9. The third-order valence-electron chi connectivity index (χ3n) is 4.52. The predicted molar refractivity (Wildman–Crippen MR) is 95.3 cm³/mol. The molecular weight excluding hydrogens is 338 g/mol. The summed E-state index contributed by atoms with van der Waals surface area (Å²) in [6.07, 6.45) is 5.74. The molecule has 2 aromatic heterocycles. The summed E-state index contributed by atoms with van der Waals surface area (Å²) < 4.78 is 1.79. The molecular formula is C17H23N5O2S. The third kappa shape index (κ3) is 4.07. The van der Waals surface area contributed by atoms with Crippen LogP contribution in [0.3, 0.4) is 0 Å². The van der Waals surface area contributed by atoms with Crippen LogP contribution >= 0.6 is 11.3 Å². The van der Waals surface area contributed by atoms with Gasteiger partial charge in [0.2, 0.25) is 11.8 Å². The van der Waals surface area contributed by atoms with Crippen molar-refractivity contribution in [1.29, 1.82) is 0 Å². The van der Waals surface area contributed by atoms with Crippen LogP contribution in [0.2, 0.25) is 0 Å². The van der Waals surface area contributed by atoms with E-state index in [0.717, 1.165) is 40.8 Å². The van der Waals surface area contributed by atoms with Crippen molar-refractivity contribution in [3.63, 3.8) is 0 Å². The highest BCUT2D eigenvalue weighted by Crippen LogP contribution is 2.27. The topological polar surface area (TPSA) is 94.1 Å². The quantitative estimate of drug-likeness (QED) is 0.871. The lowest BCUT2D eigenvalue weighted by Gasteiger charge is -2.32. The van der Waals surface area contributed by atoms with Gasteiger partial charge in [-0.3, -0.25) is 9.59 Å². The van der Waals surface area contributed by atoms with Crippen LogP contribution in [-0.4, -0.2) is 44.3 Å². The van der Waals surface area contributed by atoms with Crippen LogP contribution in [0, 0.1) is 13.8 Å². The number of thiazole rings is 1. The molecule has 2 amide bonds. The largest absolute Gasteiger partial charge is 0.368 e. The van der Waals surface area contributed by atoms with E-state index in [1.165, 1.54) is 0 Å². The Kier molecular flexibility index (Phi) is 5.17. The number of aryl methyl sites for hydroxylation is 2. The first-order valence-electron chi connectivity index (χ1n) is 8.44. The molecule has 1 saturated heterocycles. The van der Waals surface area contributed by atoms with Gasteiger partial charge < -0.3 is 15.2 Å². The van der Waals surface area contributed by atoms with Gasteiger partial charge in [0.15, 0.2) is 0 Å². The van der Waals surface area contributed by atoms with Crippen molar-refractivity contribution in [1.82, 2.24) is 19.4 Å². The number of carbonyl (C=O) groups is 2. The number of likely N-dealkylation sites (tertiary alicyclic amines) is 1. The molecule has 3 rings (SSSR count). The molecule has 8 heteroatoms. The zero-order chi connectivity index (χ0) is 18.0. The van der Waals surface area contributed by atoms with E-state index < -0.39 is 0 Å². The molecule has 0 aliphatic carbocycles. The van der Waals surface area contributed by atoms with E-state index in [-0.39, 0.29) is 24.3 Å². The molecule has 0 bridgehead atoms. The van der Waals surface area contributed by atoms with Gasteiger partial charge in [-0.05, 0) is 26.7 Å². The van der Waals surface area contributed by atoms with Gasteiger partial charge in [0.1, 0.15) is 12.4 Å². The standard InChI is InChI=1S/C17H23N5O2S/c1-11-14(25-12(2)20-11)8-16(24)21-6-3-4-13(9-21)17-19-5-7-22(17)10-15(18)23/h5,7,13H,3-4,6,8-10H2,1-2H3,(H2,18,23)/t13-/m1/s1. The highest BCUT2D eigenvalue weighted by Gasteiger charge is 2.28. The number of rotatable bonds is 5. The summed E-state index contributed by atoms with van der Waals surface area (Å²) >= 11 is 1.59. The van der Waals surface area contributed by atoms with Gasteiger partial charge in [0, 0.05) is 36.3 Å². The number of nitrogens with two attached hydrogens (primary N) is 1. The van der Waals surface area contributed by atoms with Gasteiger partial charge in [-0.1, -0.05) is 0 Å². The van der Waals surface area contributed by atoms with Gasteiger partial charge in [-0.2, -0.15) is 0 Å². The van der Waals surface area contributed by atoms with E-state index in [1.54, 1.807) is 28.3 Å². The Bertz CT molecular complexity index is 782. The first-order valence-corrected chi connectivity index (χ1v) is 9.25. The maximum atomic E-state index is 12.7. The van der Waals surface area contributed by atoms with Crippen molar-refractivity contribution in [2.24, 2.45) is 5.73 Å². The molecule has 0 saturated carbocycles. The molecule has 7 nitrogen and oxygen atoms in total. The van der Waals surface area contributed by atoms with E-state index in [0.29, 0.717) is 13.0 Å². The average Bonchev–Trinajstić information content (AvgIpc) is 3.13. The lowest BCUT2D eigenvalue weighted by Crippen LogP contribution is -2.40. The lowest BCUT2D eigenvalue weighted by atomic mass is 9.96. The van der Waals surface area contributed by atoms with Crippen molar-refractivity contribution in [3.8, 4) is 0 Å². The third-order valence-corrected chi connectivity index (χ3v) is 5.60. The Morgan fingerprint density at radius 2 is 2.20 bits per heavy atom. The molecule has 3 heterocycles. The average molecular weight is 361 g/mol. The maximum absolute atomic E-state index is 12.7. The number of piperidine rings is 1. The normalized spacial score (nSPS) is 17.7. The van der Waals surface area contributed by atoms with Crippen molar-refractivity contribution >= 4 is 23.2 Å². The Hall–Kier alpha value is -2.22. The van der Waals surface area contributed by atoms with Crippen LogP contribution < -0.4 is 5.73 Å². The second-order valence-electron chi connectivity index (χ2n) is 6.48. The number of nitrogens with zero attached hydrogens (tertiary/aromatic N) is 4. The minimum Gasteiger partial charge on any atom is -0.368 e. The van der Waals surface area contributed by atoms with Crippen LogP contribution in [0.25, 0.3) is 0 Å². The Morgan fingerprint density at radius 1 is 1.40 bits per heavy atom. The van der Waals surface area contributed by atoms with Crippen molar-refractivity contribution in [3.05, 3.63) is 33.8 Å². The van der Waals surface area contributed by atoms with E-state index in [9.17, 15) is 9.59 Å². The van der Waals surface area contributed by atoms with Gasteiger partial charge in [-0.15, -0.1) is 11.3 Å². The molecule has 1 aliphatic rings. The van der Waals surface area contributed by atoms with Gasteiger partial charge in [0.25, 0.3) is 0 Å². The molecule has 1 aliphatic heterocycles. The minimum atomic E-state index is -0.390. The van der Waals surface area contributed by atoms with E-state index in [1.807, 2.05) is 18.7 Å². The minimum absolute atomic E-state index is 0.124. The number of primary amides is 1. The van der Waals surface area contributed by atoms with Gasteiger partial charge >= 0.3 is 0 Å². The fraction of sp³-hybridized carbons (Fsp3) is 0.529. The Morgan fingerprint density at radius 3 is 2.88 bits per heavy atom. The molecule has 2 N–H and O–H groups in total. The number of imidazole rings is 1. The number of hydrogen-bond donors (Lipinski definition) is 1. The first kappa shape index (κ1) is 17.6. The SMILES string of the molecule is Cc1nc(C)c(CC(=O)N2CCC[C@@H](c3nccn3CC(N)=O)C2)s1. The van der Waals surface area contributed by atoms with Crippen LogP contribution in [0.5, 0.6) is 0 Å². The molecule has 0 radical (unpaired) electrons. The summed E-state index contributed by atoms with van der Waals surface area (Å²) in [5.41, 5.74) is 6.25. The molecule has 0 unspecified atom stereocenters. The second kappa shape index (κ2) is 7.35. The van der Waals surface area contributed by atoms with Crippen molar-refractivity contribution in [2.75, 3.05) is 13.1 Å². The van der Waals surface area contributed by atoms with E-state index >= 15 is 0 Å². The predicted octanol–water partition coefficient (Wildman–Crippen LogP) is 1.39. The second-order valence-corrected chi connectivity index (χ2v) is 7.76. The molecule has 1 fully saturated rings. The van der Waals surface area contributed by atoms with Crippen molar-refractivity contribution in [2.45, 2.75) is 45.6 Å². The summed E-state index contributed by atoms with van der Waals surface area (Å²) in [4.78, 5) is 35.7. The molecule has 25 heavy (non-hydrogen) atoms. The molecule has 1 atom stereocenters. The molecule has 0 aromatic carbocycles. The van der Waals surface area contributed by atoms with Crippen molar-refractivity contribution < 1.29 is 9.59 Å². The summed E-state index contributed by atoms with van der Waals surface area (Å²) in [5.74, 6) is 0.709. The zero-order valence-electron chi connectivity index (χ0n) is 14.6. The van der Waals surface area contributed by atoms with Gasteiger partial charge in [0.05, 0.1) is 17.1 Å². The van der Waals surface area contributed by atoms with Gasteiger partial charge in [-0.25, -0.2) is 9.97 Å². The number of amides is 2. The van der Waals surface area contributed by atoms with E-state index in [2.05, 4.69) is 9.97 Å². The van der Waals surface area contributed by atoms with Crippen LogP contribution in [0.1, 0.15) is 40.2 Å². The van der Waals surface area contributed by atoms with Crippen LogP contribution in [0.4, 0.5) is 0 Å². The molecule has 2 aromatic rings. The molecule has 134 valence electrons. The Balaban J connectivity index is 1.69. The number of hydrogen-bond acceptors (Lipinski definition) is 5. The summed E-state index contributed by atoms with van der Waals surface area (Å²) in [6, 6.07) is 0. The Labute approximate surface area is 150 Å². The fourth-order valence-corrected chi connectivity index (χ4v) is 4.31. The van der Waals surface area contributed by atoms with Crippen LogP contribution in [0.15, 0.2) is 12.4 Å². The number of carbonyl (C=O) groups excluding carboxylic acids is 2. The summed E-state index contributed by atoms with van der Waals surface area (Å²) in [6.45, 7) is 5.43. The highest BCUT2D eigenvalue weighted by molar-refractivity contribution is 7.11. The molecule has 0 spiro atoms. The summed E-state index contributed by atoms with van der Waals surface area (Å²) in [7, 11) is 0. The smallest absolute Gasteiger partial charge is 0.237 e.